The van der Waals surface area contributed by atoms with Gasteiger partial charge in [0.05, 0.1) is 11.7 Å². The number of aromatic nitrogens is 2. The van der Waals surface area contributed by atoms with Gasteiger partial charge in [0.15, 0.2) is 0 Å². The highest BCUT2D eigenvalue weighted by Gasteiger charge is 2.16. The van der Waals surface area contributed by atoms with Gasteiger partial charge in [-0.1, -0.05) is 19.1 Å². The van der Waals surface area contributed by atoms with Crippen molar-refractivity contribution in [1.29, 1.82) is 0 Å². The lowest BCUT2D eigenvalue weighted by Gasteiger charge is -2.30. The van der Waals surface area contributed by atoms with Gasteiger partial charge < -0.3 is 5.32 Å². The van der Waals surface area contributed by atoms with Gasteiger partial charge in [-0.3, -0.25) is 14.4 Å². The van der Waals surface area contributed by atoms with E-state index in [4.69, 9.17) is 0 Å². The molecule has 5 heteroatoms. The quantitative estimate of drug-likeness (QED) is 0.826. The van der Waals surface area contributed by atoms with E-state index in [0.717, 1.165) is 29.5 Å². The van der Waals surface area contributed by atoms with Crippen LogP contribution in [0.25, 0.3) is 0 Å². The summed E-state index contributed by atoms with van der Waals surface area (Å²) < 4.78 is 1.93. The van der Waals surface area contributed by atoms with Crippen molar-refractivity contribution in [2.45, 2.75) is 59.5 Å². The second-order valence-electron chi connectivity index (χ2n) is 8.13. The van der Waals surface area contributed by atoms with Crippen molar-refractivity contribution < 1.29 is 4.79 Å². The van der Waals surface area contributed by atoms with E-state index >= 15 is 0 Å². The second-order valence-corrected chi connectivity index (χ2v) is 8.13. The van der Waals surface area contributed by atoms with E-state index in [9.17, 15) is 4.79 Å². The number of rotatable bonds is 6. The van der Waals surface area contributed by atoms with Crippen molar-refractivity contribution in [2.24, 2.45) is 5.92 Å². The SMILES string of the molecule is Cc1cc(C)n([C@@H](C)CC(=O)Nc2ccc(CN3CCC(C)CC3)cc2)n1. The normalized spacial score (nSPS) is 17.0. The molecule has 146 valence electrons. The summed E-state index contributed by atoms with van der Waals surface area (Å²) in [6, 6.07) is 10.3. The molecule has 1 atom stereocenters. The van der Waals surface area contributed by atoms with Crippen molar-refractivity contribution in [2.75, 3.05) is 18.4 Å². The van der Waals surface area contributed by atoms with Gasteiger partial charge in [-0.2, -0.15) is 5.10 Å². The molecule has 1 amide bonds. The summed E-state index contributed by atoms with van der Waals surface area (Å²) in [5.74, 6) is 0.878. The maximum atomic E-state index is 12.4. The number of carbonyl (C=O) groups is 1. The second kappa shape index (κ2) is 8.70. The lowest BCUT2D eigenvalue weighted by Crippen LogP contribution is -2.32. The minimum absolute atomic E-state index is 0.0211. The fraction of sp³-hybridized carbons (Fsp3) is 0.545. The van der Waals surface area contributed by atoms with Crippen molar-refractivity contribution in [3.8, 4) is 0 Å². The van der Waals surface area contributed by atoms with Gasteiger partial charge in [-0.05, 0) is 76.4 Å². The number of amides is 1. The van der Waals surface area contributed by atoms with Crippen LogP contribution in [0, 0.1) is 19.8 Å². The van der Waals surface area contributed by atoms with E-state index in [-0.39, 0.29) is 11.9 Å². The number of carbonyl (C=O) groups excluding carboxylic acids is 1. The van der Waals surface area contributed by atoms with Gasteiger partial charge in [0, 0.05) is 24.3 Å². The molecule has 0 aliphatic carbocycles. The van der Waals surface area contributed by atoms with Gasteiger partial charge in [0.25, 0.3) is 0 Å². The third-order valence-electron chi connectivity index (χ3n) is 5.46. The average Bonchev–Trinajstić information content (AvgIpc) is 2.97. The molecule has 1 fully saturated rings. The highest BCUT2D eigenvalue weighted by Crippen LogP contribution is 2.20. The summed E-state index contributed by atoms with van der Waals surface area (Å²) in [5.41, 5.74) is 4.23. The number of likely N-dealkylation sites (tertiary alicyclic amines) is 1. The molecular weight excluding hydrogens is 336 g/mol. The van der Waals surface area contributed by atoms with Crippen LogP contribution in [-0.2, 0) is 11.3 Å². The van der Waals surface area contributed by atoms with Gasteiger partial charge in [-0.25, -0.2) is 0 Å². The molecule has 1 aliphatic heterocycles. The topological polar surface area (TPSA) is 50.2 Å². The average molecular weight is 369 g/mol. The first kappa shape index (κ1) is 19.6. The van der Waals surface area contributed by atoms with Crippen LogP contribution in [0.15, 0.2) is 30.3 Å². The molecule has 2 aromatic rings. The van der Waals surface area contributed by atoms with Crippen molar-refractivity contribution in [3.63, 3.8) is 0 Å². The summed E-state index contributed by atoms with van der Waals surface area (Å²) >= 11 is 0. The Balaban J connectivity index is 1.50. The van der Waals surface area contributed by atoms with Crippen molar-refractivity contribution >= 4 is 11.6 Å². The standard InChI is InChI=1S/C22H32N4O/c1-16-9-11-25(12-10-16)15-20-5-7-21(8-6-20)23-22(27)14-19(4)26-18(3)13-17(2)24-26/h5-8,13,16,19H,9-12,14-15H2,1-4H3,(H,23,27)/t19-/m0/s1. The fourth-order valence-corrected chi connectivity index (χ4v) is 3.83. The Kier molecular flexibility index (Phi) is 6.32. The zero-order valence-corrected chi connectivity index (χ0v) is 17.0. The Hall–Kier alpha value is -2.14. The van der Waals surface area contributed by atoms with E-state index in [0.29, 0.717) is 6.42 Å². The van der Waals surface area contributed by atoms with Crippen LogP contribution in [0.3, 0.4) is 0 Å². The number of nitrogens with one attached hydrogen (secondary N) is 1. The summed E-state index contributed by atoms with van der Waals surface area (Å²) in [6.07, 6.45) is 3.00. The number of nitrogens with zero attached hydrogens (tertiary/aromatic N) is 3. The predicted molar refractivity (Wildman–Crippen MR) is 110 cm³/mol. The van der Waals surface area contributed by atoms with Crippen LogP contribution < -0.4 is 5.32 Å². The number of piperidine rings is 1. The molecule has 1 N–H and O–H groups in total. The molecule has 0 spiro atoms. The van der Waals surface area contributed by atoms with Crippen LogP contribution >= 0.6 is 0 Å². The van der Waals surface area contributed by atoms with Crippen molar-refractivity contribution in [1.82, 2.24) is 14.7 Å². The summed E-state index contributed by atoms with van der Waals surface area (Å²) in [5, 5.41) is 7.49. The van der Waals surface area contributed by atoms with Gasteiger partial charge >= 0.3 is 0 Å². The smallest absolute Gasteiger partial charge is 0.226 e. The predicted octanol–water partition coefficient (Wildman–Crippen LogP) is 4.32. The molecule has 5 nitrogen and oxygen atoms in total. The maximum absolute atomic E-state index is 12.4. The minimum atomic E-state index is 0.0211. The molecule has 1 aliphatic rings. The van der Waals surface area contributed by atoms with Gasteiger partial charge in [0.1, 0.15) is 0 Å². The van der Waals surface area contributed by atoms with Crippen LogP contribution in [0.1, 0.15) is 56.1 Å². The Bertz CT molecular complexity index is 757. The molecule has 0 saturated carbocycles. The lowest BCUT2D eigenvalue weighted by atomic mass is 9.99. The molecule has 0 bridgehead atoms. The van der Waals surface area contributed by atoms with Crippen LogP contribution in [0.4, 0.5) is 5.69 Å². The van der Waals surface area contributed by atoms with E-state index < -0.39 is 0 Å². The van der Waals surface area contributed by atoms with Crippen LogP contribution in [-0.4, -0.2) is 33.7 Å². The Morgan fingerprint density at radius 3 is 2.48 bits per heavy atom. The molecule has 3 rings (SSSR count). The molecule has 27 heavy (non-hydrogen) atoms. The van der Waals surface area contributed by atoms with Crippen LogP contribution in [0.5, 0.6) is 0 Å². The molecule has 2 heterocycles. The molecule has 0 unspecified atom stereocenters. The number of anilines is 1. The summed E-state index contributed by atoms with van der Waals surface area (Å²) in [6.45, 7) is 11.7. The van der Waals surface area contributed by atoms with E-state index in [1.54, 1.807) is 0 Å². The number of aryl methyl sites for hydroxylation is 2. The molecular formula is C22H32N4O. The first-order chi connectivity index (χ1) is 12.9. The van der Waals surface area contributed by atoms with E-state index in [2.05, 4.69) is 34.4 Å². The molecule has 1 saturated heterocycles. The summed E-state index contributed by atoms with van der Waals surface area (Å²) in [4.78, 5) is 14.9. The number of hydrogen-bond donors (Lipinski definition) is 1. The van der Waals surface area contributed by atoms with Gasteiger partial charge in [-0.15, -0.1) is 0 Å². The molecule has 1 aromatic carbocycles. The third kappa shape index (κ3) is 5.42. The first-order valence-corrected chi connectivity index (χ1v) is 10.0. The minimum Gasteiger partial charge on any atom is -0.326 e. The monoisotopic (exact) mass is 368 g/mol. The Labute approximate surface area is 162 Å². The molecule has 0 radical (unpaired) electrons. The first-order valence-electron chi connectivity index (χ1n) is 10.0. The lowest BCUT2D eigenvalue weighted by molar-refractivity contribution is -0.116. The fourth-order valence-electron chi connectivity index (χ4n) is 3.83. The van der Waals surface area contributed by atoms with Crippen LogP contribution in [0.2, 0.25) is 0 Å². The largest absolute Gasteiger partial charge is 0.326 e. The third-order valence-corrected chi connectivity index (χ3v) is 5.46. The molecule has 1 aromatic heterocycles. The Morgan fingerprint density at radius 1 is 1.22 bits per heavy atom. The van der Waals surface area contributed by atoms with E-state index in [1.807, 2.05) is 43.7 Å². The highest BCUT2D eigenvalue weighted by atomic mass is 16.1. The number of hydrogen-bond acceptors (Lipinski definition) is 3. The van der Waals surface area contributed by atoms with Gasteiger partial charge in [0.2, 0.25) is 5.91 Å². The van der Waals surface area contributed by atoms with E-state index in [1.165, 1.54) is 31.5 Å². The summed E-state index contributed by atoms with van der Waals surface area (Å²) in [7, 11) is 0. The maximum Gasteiger partial charge on any atom is 0.226 e. The van der Waals surface area contributed by atoms with Crippen molar-refractivity contribution in [3.05, 3.63) is 47.3 Å². The zero-order chi connectivity index (χ0) is 19.4. The number of benzene rings is 1. The zero-order valence-electron chi connectivity index (χ0n) is 17.0. The highest BCUT2D eigenvalue weighted by molar-refractivity contribution is 5.90. The Morgan fingerprint density at radius 2 is 1.89 bits per heavy atom.